The van der Waals surface area contributed by atoms with Crippen LogP contribution in [-0.4, -0.2) is 22.7 Å². The molecule has 1 aliphatic heterocycles. The molecule has 0 amide bonds. The molecule has 1 rings (SSSR count). The number of alkyl halides is 1. The minimum absolute atomic E-state index is 0.404. The SMILES string of the molecule is CSC1(CF)NN=CS1. The smallest absolute Gasteiger partial charge is 0.179 e. The van der Waals surface area contributed by atoms with Crippen molar-refractivity contribution in [2.45, 2.75) is 4.20 Å². The summed E-state index contributed by atoms with van der Waals surface area (Å²) in [5.74, 6) is 0. The average Bonchev–Trinajstić information content (AvgIpc) is 2.36. The second kappa shape index (κ2) is 2.79. The van der Waals surface area contributed by atoms with Gasteiger partial charge in [-0.1, -0.05) is 11.8 Å². The van der Waals surface area contributed by atoms with E-state index in [0.29, 0.717) is 0 Å². The summed E-state index contributed by atoms with van der Waals surface area (Å²) in [7, 11) is 0. The van der Waals surface area contributed by atoms with E-state index >= 15 is 0 Å². The summed E-state index contributed by atoms with van der Waals surface area (Å²) in [4.78, 5) is 0. The largest absolute Gasteiger partial charge is 0.281 e. The fraction of sp³-hybridized carbons (Fsp3) is 0.750. The van der Waals surface area contributed by atoms with Gasteiger partial charge in [0.25, 0.3) is 0 Å². The van der Waals surface area contributed by atoms with E-state index in [1.165, 1.54) is 23.5 Å². The van der Waals surface area contributed by atoms with Crippen molar-refractivity contribution in [3.63, 3.8) is 0 Å². The zero-order valence-electron chi connectivity index (χ0n) is 4.93. The van der Waals surface area contributed by atoms with Crippen LogP contribution in [0, 0.1) is 0 Å². The summed E-state index contributed by atoms with van der Waals surface area (Å²) in [6.07, 6.45) is 1.86. The molecule has 0 saturated heterocycles. The molecule has 0 radical (unpaired) electrons. The van der Waals surface area contributed by atoms with Crippen molar-refractivity contribution in [2.24, 2.45) is 5.10 Å². The van der Waals surface area contributed by atoms with Crippen LogP contribution in [0.15, 0.2) is 5.10 Å². The Hall–Kier alpha value is 0.1000. The monoisotopic (exact) mass is 166 g/mol. The van der Waals surface area contributed by atoms with Gasteiger partial charge in [0.2, 0.25) is 0 Å². The van der Waals surface area contributed by atoms with Gasteiger partial charge in [0, 0.05) is 0 Å². The number of rotatable bonds is 2. The van der Waals surface area contributed by atoms with E-state index in [-0.39, 0.29) is 0 Å². The predicted molar refractivity (Wildman–Crippen MR) is 41.4 cm³/mol. The van der Waals surface area contributed by atoms with E-state index in [1.807, 2.05) is 6.26 Å². The number of hydrogen-bond donors (Lipinski definition) is 1. The van der Waals surface area contributed by atoms with E-state index in [1.54, 1.807) is 5.55 Å². The molecule has 1 atom stereocenters. The average molecular weight is 166 g/mol. The number of nitrogens with zero attached hydrogens (tertiary/aromatic N) is 1. The first-order valence-corrected chi connectivity index (χ1v) is 4.51. The number of halogens is 1. The highest BCUT2D eigenvalue weighted by molar-refractivity contribution is 8.25. The van der Waals surface area contributed by atoms with E-state index < -0.39 is 10.9 Å². The van der Waals surface area contributed by atoms with Gasteiger partial charge in [-0.05, 0) is 6.26 Å². The van der Waals surface area contributed by atoms with Crippen molar-refractivity contribution in [2.75, 3.05) is 12.9 Å². The highest BCUT2D eigenvalue weighted by Crippen LogP contribution is 2.34. The van der Waals surface area contributed by atoms with Gasteiger partial charge in [-0.3, -0.25) is 5.43 Å². The van der Waals surface area contributed by atoms with Crippen molar-refractivity contribution in [1.82, 2.24) is 5.43 Å². The van der Waals surface area contributed by atoms with Crippen molar-refractivity contribution in [1.29, 1.82) is 0 Å². The Morgan fingerprint density at radius 1 is 2.00 bits per heavy atom. The summed E-state index contributed by atoms with van der Waals surface area (Å²) in [5, 5.41) is 3.71. The third-order valence-corrected chi connectivity index (χ3v) is 3.48. The second-order valence-electron chi connectivity index (χ2n) is 1.55. The van der Waals surface area contributed by atoms with Gasteiger partial charge >= 0.3 is 0 Å². The highest BCUT2D eigenvalue weighted by Gasteiger charge is 2.31. The highest BCUT2D eigenvalue weighted by atomic mass is 32.2. The van der Waals surface area contributed by atoms with Crippen LogP contribution in [0.4, 0.5) is 4.39 Å². The Labute approximate surface area is 61.7 Å². The molecule has 0 aromatic rings. The molecule has 1 aliphatic rings. The van der Waals surface area contributed by atoms with Crippen molar-refractivity contribution in [3.8, 4) is 0 Å². The topological polar surface area (TPSA) is 24.4 Å². The van der Waals surface area contributed by atoms with Crippen molar-refractivity contribution >= 4 is 29.1 Å². The molecule has 2 nitrogen and oxygen atoms in total. The molecule has 1 unspecified atom stereocenters. The lowest BCUT2D eigenvalue weighted by atomic mass is 10.7. The zero-order chi connectivity index (χ0) is 6.74. The molecule has 5 heteroatoms. The molecule has 9 heavy (non-hydrogen) atoms. The zero-order valence-corrected chi connectivity index (χ0v) is 6.56. The number of nitrogens with one attached hydrogen (secondary N) is 1. The third-order valence-electron chi connectivity index (χ3n) is 1.04. The molecule has 0 spiro atoms. The fourth-order valence-corrected chi connectivity index (χ4v) is 1.68. The van der Waals surface area contributed by atoms with Crippen LogP contribution in [0.5, 0.6) is 0 Å². The second-order valence-corrected chi connectivity index (χ2v) is 4.06. The van der Waals surface area contributed by atoms with E-state index in [0.717, 1.165) is 0 Å². The van der Waals surface area contributed by atoms with Crippen LogP contribution in [-0.2, 0) is 0 Å². The summed E-state index contributed by atoms with van der Waals surface area (Å²) < 4.78 is 11.6. The molecule has 0 bridgehead atoms. The Bertz CT molecular complexity index is 114. The first kappa shape index (κ1) is 7.21. The third kappa shape index (κ3) is 1.32. The standard InChI is InChI=1S/C4H7FN2S2/c1-8-4(2-5)7-6-3-9-4/h3,7H,2H2,1H3. The number of hydrogen-bond acceptors (Lipinski definition) is 4. The molecule has 1 heterocycles. The molecule has 0 aromatic heterocycles. The first-order valence-electron chi connectivity index (χ1n) is 2.40. The molecule has 0 aliphatic carbocycles. The molecule has 0 fully saturated rings. The van der Waals surface area contributed by atoms with Crippen LogP contribution in [0.1, 0.15) is 0 Å². The predicted octanol–water partition coefficient (Wildman–Crippen LogP) is 1.25. The minimum atomic E-state index is -0.528. The summed E-state index contributed by atoms with van der Waals surface area (Å²) in [5.41, 5.74) is 4.31. The van der Waals surface area contributed by atoms with Gasteiger partial charge in [0.1, 0.15) is 6.67 Å². The van der Waals surface area contributed by atoms with Crippen LogP contribution in [0.3, 0.4) is 0 Å². The Morgan fingerprint density at radius 3 is 3.00 bits per heavy atom. The lowest BCUT2D eigenvalue weighted by Crippen LogP contribution is -2.33. The van der Waals surface area contributed by atoms with E-state index in [4.69, 9.17) is 0 Å². The summed E-state index contributed by atoms with van der Waals surface area (Å²) >= 11 is 2.81. The molecule has 52 valence electrons. The quantitative estimate of drug-likeness (QED) is 0.668. The van der Waals surface area contributed by atoms with E-state index in [2.05, 4.69) is 10.5 Å². The van der Waals surface area contributed by atoms with Crippen LogP contribution in [0.2, 0.25) is 0 Å². The number of thioether (sulfide) groups is 2. The van der Waals surface area contributed by atoms with Gasteiger partial charge < -0.3 is 0 Å². The van der Waals surface area contributed by atoms with Gasteiger partial charge in [-0.15, -0.1) is 11.8 Å². The lowest BCUT2D eigenvalue weighted by molar-refractivity contribution is 0.434. The van der Waals surface area contributed by atoms with Crippen molar-refractivity contribution in [3.05, 3.63) is 0 Å². The Morgan fingerprint density at radius 2 is 2.78 bits per heavy atom. The summed E-state index contributed by atoms with van der Waals surface area (Å²) in [6.45, 7) is -0.404. The van der Waals surface area contributed by atoms with Gasteiger partial charge in [0.15, 0.2) is 4.20 Å². The Balaban J connectivity index is 2.50. The Kier molecular flexibility index (Phi) is 2.23. The van der Waals surface area contributed by atoms with Crippen LogP contribution in [0.25, 0.3) is 0 Å². The number of hydrazone groups is 1. The summed E-state index contributed by atoms with van der Waals surface area (Å²) in [6, 6.07) is 0. The maximum Gasteiger partial charge on any atom is 0.179 e. The molecule has 0 aromatic carbocycles. The van der Waals surface area contributed by atoms with Crippen LogP contribution >= 0.6 is 23.5 Å². The maximum absolute atomic E-state index is 12.2. The molecule has 0 saturated carbocycles. The van der Waals surface area contributed by atoms with Gasteiger partial charge in [-0.25, -0.2) is 4.39 Å². The molecule has 1 N–H and O–H groups in total. The lowest BCUT2D eigenvalue weighted by Gasteiger charge is -2.20. The van der Waals surface area contributed by atoms with Gasteiger partial charge in [-0.2, -0.15) is 5.10 Å². The molecular formula is C4H7FN2S2. The maximum atomic E-state index is 12.2. The first-order chi connectivity index (χ1) is 4.33. The molecular weight excluding hydrogens is 159 g/mol. The van der Waals surface area contributed by atoms with Crippen LogP contribution < -0.4 is 5.43 Å². The van der Waals surface area contributed by atoms with Gasteiger partial charge in [0.05, 0.1) is 5.55 Å². The van der Waals surface area contributed by atoms with Crippen molar-refractivity contribution < 1.29 is 4.39 Å². The van der Waals surface area contributed by atoms with E-state index in [9.17, 15) is 4.39 Å². The fourth-order valence-electron chi connectivity index (χ4n) is 0.472. The minimum Gasteiger partial charge on any atom is -0.281 e. The normalized spacial score (nSPS) is 32.7.